The normalized spacial score (nSPS) is 26.5. The minimum atomic E-state index is -0.426. The second-order valence-corrected chi connectivity index (χ2v) is 7.22. The molecule has 0 bridgehead atoms. The van der Waals surface area contributed by atoms with Gasteiger partial charge < -0.3 is 15.2 Å². The Bertz CT molecular complexity index is 478. The van der Waals surface area contributed by atoms with Crippen molar-refractivity contribution in [1.29, 1.82) is 0 Å². The van der Waals surface area contributed by atoms with E-state index in [1.165, 1.54) is 0 Å². The minimum Gasteiger partial charge on any atom is -0.647 e. The van der Waals surface area contributed by atoms with E-state index in [2.05, 4.69) is 5.32 Å². The van der Waals surface area contributed by atoms with Crippen LogP contribution in [0.15, 0.2) is 35.2 Å². The molecule has 2 aliphatic carbocycles. The molecule has 3 rings (SSSR count). The Morgan fingerprint density at radius 3 is 2.48 bits per heavy atom. The molecule has 1 aromatic rings. The third-order valence-corrected chi connectivity index (χ3v) is 5.61. The predicted molar refractivity (Wildman–Crippen MR) is 80.9 cm³/mol. The van der Waals surface area contributed by atoms with E-state index in [0.717, 1.165) is 43.4 Å². The second-order valence-electron chi connectivity index (χ2n) is 5.76. The summed E-state index contributed by atoms with van der Waals surface area (Å²) in [7, 11) is 0. The van der Waals surface area contributed by atoms with Crippen LogP contribution in [0.5, 0.6) is 0 Å². The van der Waals surface area contributed by atoms with Gasteiger partial charge in [-0.1, -0.05) is 43.5 Å². The summed E-state index contributed by atoms with van der Waals surface area (Å²) in [5, 5.41) is 14.3. The van der Waals surface area contributed by atoms with E-state index >= 15 is 0 Å². The van der Waals surface area contributed by atoms with Gasteiger partial charge in [0.1, 0.15) is 0 Å². The number of rotatable bonds is 4. The molecule has 0 saturated heterocycles. The van der Waals surface area contributed by atoms with Crippen LogP contribution in [-0.4, -0.2) is 27.9 Å². The van der Waals surface area contributed by atoms with Crippen molar-refractivity contribution in [2.45, 2.75) is 60.3 Å². The van der Waals surface area contributed by atoms with Crippen molar-refractivity contribution in [1.82, 2.24) is 0 Å². The average molecular weight is 297 g/mol. The number of amides is 1. The van der Waals surface area contributed by atoms with Gasteiger partial charge in [-0.3, -0.25) is 0 Å². The van der Waals surface area contributed by atoms with Gasteiger partial charge in [-0.15, -0.1) is 11.8 Å². The first-order chi connectivity index (χ1) is 9.70. The SMILES string of the molecule is O=C([N-][C@@H]1CCCC[C@H]1O)C1(Sc2ccccc2)CC1.[Li+]. The molecule has 0 aromatic heterocycles. The van der Waals surface area contributed by atoms with Gasteiger partial charge >= 0.3 is 18.9 Å². The Hall–Kier alpha value is -0.403. The van der Waals surface area contributed by atoms with Gasteiger partial charge in [-0.2, -0.15) is 0 Å². The molecule has 0 radical (unpaired) electrons. The Morgan fingerprint density at radius 2 is 1.86 bits per heavy atom. The Labute approximate surface area is 142 Å². The number of aliphatic hydroxyl groups excluding tert-OH is 1. The molecule has 21 heavy (non-hydrogen) atoms. The van der Waals surface area contributed by atoms with E-state index in [0.29, 0.717) is 0 Å². The van der Waals surface area contributed by atoms with Crippen LogP contribution in [0.3, 0.4) is 0 Å². The zero-order valence-electron chi connectivity index (χ0n) is 12.5. The van der Waals surface area contributed by atoms with Crippen LogP contribution < -0.4 is 18.9 Å². The van der Waals surface area contributed by atoms with Crippen molar-refractivity contribution < 1.29 is 28.8 Å². The van der Waals surface area contributed by atoms with E-state index in [9.17, 15) is 9.90 Å². The van der Waals surface area contributed by atoms with Crippen LogP contribution in [0.4, 0.5) is 0 Å². The van der Waals surface area contributed by atoms with Crippen molar-refractivity contribution in [3.8, 4) is 0 Å². The Kier molecular flexibility index (Phi) is 5.85. The molecular formula is C16H20LiNO2S. The molecule has 1 N–H and O–H groups in total. The maximum atomic E-state index is 12.4. The largest absolute Gasteiger partial charge is 1.00 e. The molecule has 1 amide bonds. The number of aliphatic hydroxyl groups is 1. The molecule has 108 valence electrons. The summed E-state index contributed by atoms with van der Waals surface area (Å²) >= 11 is 1.63. The molecule has 2 aliphatic rings. The number of carbonyl (C=O) groups is 1. The summed E-state index contributed by atoms with van der Waals surface area (Å²) in [6, 6.07) is 9.86. The van der Waals surface area contributed by atoms with E-state index in [4.69, 9.17) is 0 Å². The van der Waals surface area contributed by atoms with Crippen molar-refractivity contribution in [2.24, 2.45) is 0 Å². The van der Waals surface area contributed by atoms with Crippen LogP contribution in [-0.2, 0) is 4.79 Å². The minimum absolute atomic E-state index is 0. The van der Waals surface area contributed by atoms with Crippen molar-refractivity contribution in [3.63, 3.8) is 0 Å². The summed E-state index contributed by atoms with van der Waals surface area (Å²) in [5.74, 6) is -0.0164. The number of hydrogen-bond acceptors (Lipinski definition) is 3. The van der Waals surface area contributed by atoms with Gasteiger partial charge in [0, 0.05) is 11.0 Å². The summed E-state index contributed by atoms with van der Waals surface area (Å²) in [6.07, 6.45) is 5.11. The molecular weight excluding hydrogens is 277 g/mol. The monoisotopic (exact) mass is 297 g/mol. The predicted octanol–water partition coefficient (Wildman–Crippen LogP) is 0.519. The molecule has 3 nitrogen and oxygen atoms in total. The van der Waals surface area contributed by atoms with E-state index in [1.807, 2.05) is 30.3 Å². The topological polar surface area (TPSA) is 51.4 Å². The fraction of sp³-hybridized carbons (Fsp3) is 0.562. The number of thioether (sulfide) groups is 1. The van der Waals surface area contributed by atoms with Gasteiger partial charge in [0.2, 0.25) is 0 Å². The molecule has 0 heterocycles. The van der Waals surface area contributed by atoms with Crippen LogP contribution in [0, 0.1) is 0 Å². The Balaban J connectivity index is 0.00000161. The zero-order valence-corrected chi connectivity index (χ0v) is 13.3. The summed E-state index contributed by atoms with van der Waals surface area (Å²) in [5.41, 5.74) is 0. The number of carbonyl (C=O) groups excluding carboxylic acids is 1. The van der Waals surface area contributed by atoms with E-state index in [1.54, 1.807) is 11.8 Å². The summed E-state index contributed by atoms with van der Waals surface area (Å²) < 4.78 is -0.349. The van der Waals surface area contributed by atoms with E-state index < -0.39 is 6.10 Å². The first-order valence-electron chi connectivity index (χ1n) is 7.37. The average Bonchev–Trinajstić information content (AvgIpc) is 3.23. The molecule has 0 spiro atoms. The van der Waals surface area contributed by atoms with Crippen molar-refractivity contribution >= 4 is 17.7 Å². The van der Waals surface area contributed by atoms with Crippen molar-refractivity contribution in [2.75, 3.05) is 0 Å². The molecule has 2 fully saturated rings. The third kappa shape index (κ3) is 4.07. The van der Waals surface area contributed by atoms with Crippen LogP contribution in [0.2, 0.25) is 0 Å². The fourth-order valence-corrected chi connectivity index (χ4v) is 3.89. The smallest absolute Gasteiger partial charge is 0.647 e. The van der Waals surface area contributed by atoms with Crippen LogP contribution in [0.25, 0.3) is 5.32 Å². The first-order valence-corrected chi connectivity index (χ1v) is 8.19. The maximum Gasteiger partial charge on any atom is 1.00 e. The molecule has 0 aliphatic heterocycles. The fourth-order valence-electron chi connectivity index (χ4n) is 2.70. The first kappa shape index (κ1) is 17.0. The Morgan fingerprint density at radius 1 is 1.19 bits per heavy atom. The van der Waals surface area contributed by atoms with E-state index in [-0.39, 0.29) is 35.6 Å². The maximum absolute atomic E-state index is 12.4. The zero-order chi connectivity index (χ0) is 14.0. The second kappa shape index (κ2) is 7.24. The van der Waals surface area contributed by atoms with Crippen molar-refractivity contribution in [3.05, 3.63) is 35.6 Å². The van der Waals surface area contributed by atoms with Crippen LogP contribution >= 0.6 is 11.8 Å². The molecule has 1 aromatic carbocycles. The molecule has 2 atom stereocenters. The molecule has 0 unspecified atom stereocenters. The van der Waals surface area contributed by atoms with Gasteiger partial charge in [0.25, 0.3) is 0 Å². The van der Waals surface area contributed by atoms with Gasteiger partial charge in [-0.05, 0) is 31.4 Å². The number of nitrogens with zero attached hydrogens (tertiary/aromatic N) is 1. The molecule has 5 heteroatoms. The summed E-state index contributed by atoms with van der Waals surface area (Å²) in [6.45, 7) is 0. The quantitative estimate of drug-likeness (QED) is 0.824. The van der Waals surface area contributed by atoms with Crippen LogP contribution in [0.1, 0.15) is 38.5 Å². The van der Waals surface area contributed by atoms with Gasteiger partial charge in [0.05, 0.1) is 10.7 Å². The standard InChI is InChI=1S/C16H21NO2S.Li/c18-14-9-5-4-8-13(14)17-15(19)16(10-11-16)20-12-6-2-1-3-7-12;/h1-3,6-7,13-14,18H,4-5,8-11H2,(H,17,19);/q;+1/p-1/t13-,14-;/m1./s1. The van der Waals surface area contributed by atoms with Gasteiger partial charge in [0.15, 0.2) is 0 Å². The number of benzene rings is 1. The molecule has 2 saturated carbocycles. The number of hydrogen-bond donors (Lipinski definition) is 1. The van der Waals surface area contributed by atoms with Gasteiger partial charge in [-0.25, -0.2) is 0 Å². The summed E-state index contributed by atoms with van der Waals surface area (Å²) in [4.78, 5) is 13.6. The third-order valence-electron chi connectivity index (χ3n) is 4.13.